The number of nitrogens with one attached hydrogen (secondary N) is 2. The maximum Gasteiger partial charge on any atom is 0.274 e. The zero-order valence-corrected chi connectivity index (χ0v) is 15.6. The van der Waals surface area contributed by atoms with Gasteiger partial charge in [0.2, 0.25) is 0 Å². The van der Waals surface area contributed by atoms with E-state index in [1.165, 1.54) is 12.8 Å². The molecule has 4 N–H and O–H groups in total. The highest BCUT2D eigenvalue weighted by Gasteiger charge is 2.22. The molecule has 3 aromatic rings. The average molecular weight is 384 g/mol. The van der Waals surface area contributed by atoms with Crippen molar-refractivity contribution in [1.82, 2.24) is 9.61 Å². The lowest BCUT2D eigenvalue weighted by atomic mass is 9.91. The molecule has 0 aliphatic heterocycles. The summed E-state index contributed by atoms with van der Waals surface area (Å²) in [6.07, 6.45) is 4.40. The number of benzene rings is 1. The number of amides is 1. The molecule has 1 saturated carbocycles. The summed E-state index contributed by atoms with van der Waals surface area (Å²) >= 11 is 6.14. The van der Waals surface area contributed by atoms with E-state index in [2.05, 4.69) is 15.7 Å². The van der Waals surface area contributed by atoms with Crippen molar-refractivity contribution in [1.29, 1.82) is 0 Å². The first-order chi connectivity index (χ1) is 13.1. The summed E-state index contributed by atoms with van der Waals surface area (Å²) in [4.78, 5) is 12.7. The monoisotopic (exact) mass is 383 g/mol. The highest BCUT2D eigenvalue weighted by molar-refractivity contribution is 6.33. The molecule has 1 aromatic carbocycles. The van der Waals surface area contributed by atoms with Crippen LogP contribution in [0.25, 0.3) is 5.52 Å². The second-order valence-electron chi connectivity index (χ2n) is 6.91. The second kappa shape index (κ2) is 7.58. The Morgan fingerprint density at radius 3 is 2.70 bits per heavy atom. The minimum absolute atomic E-state index is 0.129. The van der Waals surface area contributed by atoms with Gasteiger partial charge in [-0.05, 0) is 49.2 Å². The van der Waals surface area contributed by atoms with E-state index in [1.54, 1.807) is 22.7 Å². The maximum absolute atomic E-state index is 12.7. The zero-order chi connectivity index (χ0) is 18.8. The van der Waals surface area contributed by atoms with Gasteiger partial charge in [0.05, 0.1) is 16.2 Å². The van der Waals surface area contributed by atoms with Crippen molar-refractivity contribution in [3.63, 3.8) is 0 Å². The van der Waals surface area contributed by atoms with Gasteiger partial charge in [0.1, 0.15) is 11.5 Å². The van der Waals surface area contributed by atoms with E-state index in [0.29, 0.717) is 22.2 Å². The minimum atomic E-state index is -0.262. The lowest BCUT2D eigenvalue weighted by molar-refractivity contribution is 0.102. The van der Waals surface area contributed by atoms with Gasteiger partial charge in [0.25, 0.3) is 5.91 Å². The van der Waals surface area contributed by atoms with Gasteiger partial charge in [-0.2, -0.15) is 0 Å². The molecule has 2 atom stereocenters. The average Bonchev–Trinajstić information content (AvgIpc) is 3.09. The number of aromatic nitrogens is 2. The van der Waals surface area contributed by atoms with Gasteiger partial charge in [0.15, 0.2) is 0 Å². The highest BCUT2D eigenvalue weighted by atomic mass is 35.5. The maximum atomic E-state index is 12.7. The second-order valence-corrected chi connectivity index (χ2v) is 7.31. The standard InChI is InChI=1S/C20H22ClN5O/c21-14-5-1-3-7-16(14)24-20(27)18-11-9-13-10-12-19(25-26(13)18)23-17-8-4-2-6-15(17)22/h1,3,5,7,9-12,15,17H,2,4,6,8,22H2,(H,23,25)(H,24,27)/t15-,17+/m0/s1. The van der Waals surface area contributed by atoms with Gasteiger partial charge in [-0.3, -0.25) is 4.79 Å². The predicted molar refractivity (Wildman–Crippen MR) is 108 cm³/mol. The summed E-state index contributed by atoms with van der Waals surface area (Å²) in [5, 5.41) is 11.4. The van der Waals surface area contributed by atoms with E-state index in [-0.39, 0.29) is 18.0 Å². The van der Waals surface area contributed by atoms with E-state index >= 15 is 0 Å². The number of halogens is 1. The lowest BCUT2D eigenvalue weighted by Crippen LogP contribution is -2.42. The molecule has 1 amide bonds. The van der Waals surface area contributed by atoms with Gasteiger partial charge < -0.3 is 16.4 Å². The van der Waals surface area contributed by atoms with Crippen LogP contribution in [0, 0.1) is 0 Å². The molecule has 0 radical (unpaired) electrons. The Morgan fingerprint density at radius 1 is 1.11 bits per heavy atom. The van der Waals surface area contributed by atoms with Gasteiger partial charge in [-0.1, -0.05) is 36.6 Å². The SMILES string of the molecule is N[C@H]1CCCC[C@H]1Nc1ccc2ccc(C(=O)Nc3ccccc3Cl)n2n1. The first-order valence-corrected chi connectivity index (χ1v) is 9.56. The van der Waals surface area contributed by atoms with Gasteiger partial charge in [-0.15, -0.1) is 5.10 Å². The molecule has 0 saturated heterocycles. The number of nitrogens with zero attached hydrogens (tertiary/aromatic N) is 2. The molecule has 27 heavy (non-hydrogen) atoms. The van der Waals surface area contributed by atoms with Crippen LogP contribution in [0.15, 0.2) is 48.5 Å². The molecule has 140 valence electrons. The van der Waals surface area contributed by atoms with Crippen LogP contribution >= 0.6 is 11.6 Å². The first kappa shape index (κ1) is 17.8. The number of carbonyl (C=O) groups is 1. The van der Waals surface area contributed by atoms with Crippen LogP contribution in [0.1, 0.15) is 36.2 Å². The number of nitrogens with two attached hydrogens (primary N) is 1. The summed E-state index contributed by atoms with van der Waals surface area (Å²) in [6, 6.07) is 15.0. The third-order valence-corrected chi connectivity index (χ3v) is 5.34. The normalized spacial score (nSPS) is 19.8. The van der Waals surface area contributed by atoms with E-state index in [0.717, 1.165) is 18.4 Å². The number of anilines is 2. The number of hydrogen-bond donors (Lipinski definition) is 3. The molecule has 0 bridgehead atoms. The van der Waals surface area contributed by atoms with Crippen LogP contribution in [-0.2, 0) is 0 Å². The smallest absolute Gasteiger partial charge is 0.274 e. The van der Waals surface area contributed by atoms with E-state index in [4.69, 9.17) is 17.3 Å². The Balaban J connectivity index is 1.58. The molecule has 4 rings (SSSR count). The van der Waals surface area contributed by atoms with Crippen LogP contribution in [0.5, 0.6) is 0 Å². The minimum Gasteiger partial charge on any atom is -0.364 e. The summed E-state index contributed by atoms with van der Waals surface area (Å²) in [7, 11) is 0. The van der Waals surface area contributed by atoms with Gasteiger partial charge >= 0.3 is 0 Å². The molecule has 6 nitrogen and oxygen atoms in total. The number of rotatable bonds is 4. The molecular formula is C20H22ClN5O. The number of para-hydroxylation sites is 1. The van der Waals surface area contributed by atoms with Crippen molar-refractivity contribution < 1.29 is 4.79 Å². The molecule has 7 heteroatoms. The van der Waals surface area contributed by atoms with Crippen LogP contribution in [0.2, 0.25) is 5.02 Å². The van der Waals surface area contributed by atoms with Gasteiger partial charge in [-0.25, -0.2) is 4.52 Å². The fourth-order valence-corrected chi connectivity index (χ4v) is 3.70. The molecule has 1 aliphatic carbocycles. The predicted octanol–water partition coefficient (Wildman–Crippen LogP) is 3.92. The topological polar surface area (TPSA) is 84.4 Å². The van der Waals surface area contributed by atoms with Crippen LogP contribution < -0.4 is 16.4 Å². The van der Waals surface area contributed by atoms with E-state index in [9.17, 15) is 4.79 Å². The highest BCUT2D eigenvalue weighted by Crippen LogP contribution is 2.23. The molecule has 2 heterocycles. The molecule has 2 aromatic heterocycles. The van der Waals surface area contributed by atoms with Crippen molar-refractivity contribution in [3.05, 3.63) is 59.2 Å². The zero-order valence-electron chi connectivity index (χ0n) is 14.9. The summed E-state index contributed by atoms with van der Waals surface area (Å²) in [5.74, 6) is 0.454. The molecule has 0 unspecified atom stereocenters. The Bertz CT molecular complexity index is 970. The van der Waals surface area contributed by atoms with Crippen molar-refractivity contribution in [2.45, 2.75) is 37.8 Å². The fraction of sp³-hybridized carbons (Fsp3) is 0.300. The number of hydrogen-bond acceptors (Lipinski definition) is 4. The molecule has 1 aliphatic rings. The Labute approximate surface area is 162 Å². The van der Waals surface area contributed by atoms with Crippen molar-refractivity contribution in [2.75, 3.05) is 10.6 Å². The third-order valence-electron chi connectivity index (χ3n) is 5.01. The van der Waals surface area contributed by atoms with Crippen LogP contribution in [0.4, 0.5) is 11.5 Å². The van der Waals surface area contributed by atoms with Gasteiger partial charge in [0, 0.05) is 12.1 Å². The van der Waals surface area contributed by atoms with Crippen LogP contribution in [-0.4, -0.2) is 27.6 Å². The Kier molecular flexibility index (Phi) is 5.01. The first-order valence-electron chi connectivity index (χ1n) is 9.18. The van der Waals surface area contributed by atoms with Crippen LogP contribution in [0.3, 0.4) is 0 Å². The Morgan fingerprint density at radius 2 is 1.89 bits per heavy atom. The molecular weight excluding hydrogens is 362 g/mol. The Hall–Kier alpha value is -2.57. The van der Waals surface area contributed by atoms with Crippen molar-refractivity contribution in [2.24, 2.45) is 5.73 Å². The van der Waals surface area contributed by atoms with E-state index in [1.807, 2.05) is 30.3 Å². The third kappa shape index (κ3) is 3.77. The fourth-order valence-electron chi connectivity index (χ4n) is 3.51. The number of carbonyl (C=O) groups excluding carboxylic acids is 1. The van der Waals surface area contributed by atoms with Crippen molar-refractivity contribution in [3.8, 4) is 0 Å². The molecule has 1 fully saturated rings. The number of fused-ring (bicyclic) bond motifs is 1. The molecule has 0 spiro atoms. The summed E-state index contributed by atoms with van der Waals surface area (Å²) in [6.45, 7) is 0. The van der Waals surface area contributed by atoms with E-state index < -0.39 is 0 Å². The van der Waals surface area contributed by atoms with Crippen molar-refractivity contribution >= 4 is 34.5 Å². The quantitative estimate of drug-likeness (QED) is 0.637. The largest absolute Gasteiger partial charge is 0.364 e. The lowest BCUT2D eigenvalue weighted by Gasteiger charge is -2.29. The summed E-state index contributed by atoms with van der Waals surface area (Å²) in [5.41, 5.74) is 8.09. The summed E-state index contributed by atoms with van der Waals surface area (Å²) < 4.78 is 1.64.